The number of carbonyl (C=O) groups excluding carboxylic acids is 3. The molecule has 0 unspecified atom stereocenters. The van der Waals surface area contributed by atoms with Crippen molar-refractivity contribution < 1.29 is 32.3 Å². The Kier molecular flexibility index (Phi) is 8.06. The van der Waals surface area contributed by atoms with Crippen LogP contribution in [0, 0.1) is 0 Å². The van der Waals surface area contributed by atoms with Crippen LogP contribution in [0.4, 0.5) is 5.69 Å². The van der Waals surface area contributed by atoms with Crippen LogP contribution >= 0.6 is 11.6 Å². The number of sulfonamides is 1. The quantitative estimate of drug-likeness (QED) is 0.587. The second-order valence-electron chi connectivity index (χ2n) is 7.31. The number of methoxy groups -OCH3 is 1. The summed E-state index contributed by atoms with van der Waals surface area (Å²) in [6.45, 7) is 0.174. The van der Waals surface area contributed by atoms with Crippen LogP contribution in [0.2, 0.25) is 5.02 Å². The molecule has 1 heterocycles. The molecule has 0 bridgehead atoms. The van der Waals surface area contributed by atoms with E-state index in [1.807, 2.05) is 0 Å². The van der Waals surface area contributed by atoms with Crippen molar-refractivity contribution >= 4 is 45.2 Å². The van der Waals surface area contributed by atoms with Gasteiger partial charge in [0.2, 0.25) is 10.0 Å². The minimum Gasteiger partial charge on any atom is -0.465 e. The zero-order valence-corrected chi connectivity index (χ0v) is 19.4. The Labute approximate surface area is 196 Å². The number of nitrogens with zero attached hydrogens (tertiary/aromatic N) is 1. The molecule has 0 saturated carbocycles. The van der Waals surface area contributed by atoms with E-state index in [2.05, 4.69) is 10.1 Å². The summed E-state index contributed by atoms with van der Waals surface area (Å²) in [5.74, 6) is -2.07. The third-order valence-corrected chi connectivity index (χ3v) is 7.38. The second-order valence-corrected chi connectivity index (χ2v) is 9.62. The smallest absolute Gasteiger partial charge is 0.338 e. The predicted octanol–water partition coefficient (Wildman–Crippen LogP) is 3.10. The first kappa shape index (κ1) is 24.7. The molecule has 176 valence electrons. The van der Waals surface area contributed by atoms with Gasteiger partial charge in [0.15, 0.2) is 6.61 Å². The molecule has 1 aliphatic rings. The molecule has 33 heavy (non-hydrogen) atoms. The number of piperidine rings is 1. The van der Waals surface area contributed by atoms with Crippen LogP contribution in [0.15, 0.2) is 47.4 Å². The highest BCUT2D eigenvalue weighted by Gasteiger charge is 2.29. The third-order valence-electron chi connectivity index (χ3n) is 5.00. The monoisotopic (exact) mass is 494 g/mol. The molecule has 1 saturated heterocycles. The lowest BCUT2D eigenvalue weighted by Crippen LogP contribution is -2.35. The van der Waals surface area contributed by atoms with Crippen molar-refractivity contribution in [1.29, 1.82) is 0 Å². The number of hydrogen-bond donors (Lipinski definition) is 1. The largest absolute Gasteiger partial charge is 0.465 e. The van der Waals surface area contributed by atoms with Crippen LogP contribution in [0.3, 0.4) is 0 Å². The lowest BCUT2D eigenvalue weighted by molar-refractivity contribution is -0.119. The number of nitrogens with one attached hydrogen (secondary N) is 1. The Hall–Kier alpha value is -2.95. The first-order chi connectivity index (χ1) is 15.7. The lowest BCUT2D eigenvalue weighted by Gasteiger charge is -2.26. The van der Waals surface area contributed by atoms with E-state index < -0.39 is 34.5 Å². The minimum absolute atomic E-state index is 0.000328. The van der Waals surface area contributed by atoms with Gasteiger partial charge in [-0.3, -0.25) is 4.79 Å². The third kappa shape index (κ3) is 6.10. The normalized spacial score (nSPS) is 14.4. The average Bonchev–Trinajstić information content (AvgIpc) is 2.83. The van der Waals surface area contributed by atoms with Crippen LogP contribution in [0.25, 0.3) is 0 Å². The Morgan fingerprint density at radius 2 is 1.70 bits per heavy atom. The van der Waals surface area contributed by atoms with E-state index in [1.54, 1.807) is 12.1 Å². The molecular weight excluding hydrogens is 472 g/mol. The van der Waals surface area contributed by atoms with Crippen LogP contribution in [0.1, 0.15) is 40.0 Å². The maximum Gasteiger partial charge on any atom is 0.338 e. The first-order valence-corrected chi connectivity index (χ1v) is 12.0. The number of rotatable bonds is 7. The summed E-state index contributed by atoms with van der Waals surface area (Å²) in [6, 6.07) is 9.87. The molecule has 0 aromatic heterocycles. The summed E-state index contributed by atoms with van der Waals surface area (Å²) in [4.78, 5) is 36.0. The minimum atomic E-state index is -3.86. The molecule has 1 N–H and O–H groups in total. The van der Waals surface area contributed by atoms with E-state index >= 15 is 0 Å². The van der Waals surface area contributed by atoms with Crippen LogP contribution in [-0.4, -0.2) is 57.4 Å². The number of anilines is 1. The number of ether oxygens (including phenoxy) is 2. The van der Waals surface area contributed by atoms with Gasteiger partial charge in [-0.05, 0) is 49.2 Å². The fourth-order valence-electron chi connectivity index (χ4n) is 3.33. The van der Waals surface area contributed by atoms with Gasteiger partial charge in [-0.1, -0.05) is 24.1 Å². The van der Waals surface area contributed by atoms with E-state index in [9.17, 15) is 22.8 Å². The van der Waals surface area contributed by atoms with E-state index in [-0.39, 0.29) is 21.0 Å². The second kappa shape index (κ2) is 10.8. The molecule has 0 spiro atoms. The highest BCUT2D eigenvalue weighted by molar-refractivity contribution is 7.89. The van der Waals surface area contributed by atoms with E-state index in [0.717, 1.165) is 25.3 Å². The van der Waals surface area contributed by atoms with Gasteiger partial charge in [-0.2, -0.15) is 4.31 Å². The maximum absolute atomic E-state index is 12.9. The predicted molar refractivity (Wildman–Crippen MR) is 121 cm³/mol. The van der Waals surface area contributed by atoms with Crippen molar-refractivity contribution in [2.24, 2.45) is 0 Å². The van der Waals surface area contributed by atoms with E-state index in [1.165, 1.54) is 35.7 Å². The van der Waals surface area contributed by atoms with Crippen molar-refractivity contribution in [3.63, 3.8) is 0 Å². The lowest BCUT2D eigenvalue weighted by atomic mass is 10.2. The number of halogens is 1. The maximum atomic E-state index is 12.9. The van der Waals surface area contributed by atoms with Gasteiger partial charge in [0.05, 0.1) is 23.3 Å². The topological polar surface area (TPSA) is 119 Å². The van der Waals surface area contributed by atoms with Gasteiger partial charge >= 0.3 is 11.9 Å². The Morgan fingerprint density at radius 3 is 2.39 bits per heavy atom. The van der Waals surface area contributed by atoms with Crippen molar-refractivity contribution in [3.05, 3.63) is 58.6 Å². The van der Waals surface area contributed by atoms with Crippen LogP contribution in [0.5, 0.6) is 0 Å². The summed E-state index contributed by atoms with van der Waals surface area (Å²) in [5.41, 5.74) is 0.520. The Morgan fingerprint density at radius 1 is 1.00 bits per heavy atom. The van der Waals surface area contributed by atoms with Gasteiger partial charge in [0.1, 0.15) is 4.90 Å². The molecule has 0 aliphatic carbocycles. The Balaban J connectivity index is 1.65. The summed E-state index contributed by atoms with van der Waals surface area (Å²) in [5, 5.41) is 2.51. The number of esters is 2. The van der Waals surface area contributed by atoms with Gasteiger partial charge in [0.25, 0.3) is 5.91 Å². The SMILES string of the molecule is COC(=O)c1cccc(NC(=O)COC(=O)c2ccc(Cl)c(S(=O)(=O)N3CCCCC3)c2)c1. The highest BCUT2D eigenvalue weighted by Crippen LogP contribution is 2.28. The number of benzene rings is 2. The van der Waals surface area contributed by atoms with E-state index in [4.69, 9.17) is 16.3 Å². The molecule has 1 amide bonds. The van der Waals surface area contributed by atoms with Crippen molar-refractivity contribution in [3.8, 4) is 0 Å². The average molecular weight is 495 g/mol. The molecule has 2 aromatic carbocycles. The summed E-state index contributed by atoms with van der Waals surface area (Å²) in [6.07, 6.45) is 2.48. The number of amides is 1. The fraction of sp³-hybridized carbons (Fsp3) is 0.318. The molecule has 1 aliphatic heterocycles. The molecule has 0 radical (unpaired) electrons. The number of hydrogen-bond acceptors (Lipinski definition) is 7. The van der Waals surface area contributed by atoms with Crippen molar-refractivity contribution in [2.45, 2.75) is 24.2 Å². The van der Waals surface area contributed by atoms with Crippen molar-refractivity contribution in [2.75, 3.05) is 32.1 Å². The molecule has 0 atom stereocenters. The molecule has 11 heteroatoms. The summed E-state index contributed by atoms with van der Waals surface area (Å²) in [7, 11) is -2.61. The zero-order chi connectivity index (χ0) is 24.0. The number of carbonyl (C=O) groups is 3. The standard InChI is InChI=1S/C22H23ClN2O7S/c1-31-21(27)15-6-5-7-17(12-15)24-20(26)14-32-22(28)16-8-9-18(23)19(13-16)33(29,30)25-10-3-2-4-11-25/h5-9,12-13H,2-4,10-11,14H2,1H3,(H,24,26). The fourth-order valence-corrected chi connectivity index (χ4v) is 5.34. The van der Waals surface area contributed by atoms with Gasteiger partial charge < -0.3 is 14.8 Å². The van der Waals surface area contributed by atoms with Crippen LogP contribution in [-0.2, 0) is 24.3 Å². The molecule has 1 fully saturated rings. The first-order valence-electron chi connectivity index (χ1n) is 10.2. The van der Waals surface area contributed by atoms with Crippen LogP contribution < -0.4 is 5.32 Å². The van der Waals surface area contributed by atoms with Gasteiger partial charge in [-0.15, -0.1) is 0 Å². The van der Waals surface area contributed by atoms with Gasteiger partial charge in [0, 0.05) is 18.8 Å². The molecule has 3 rings (SSSR count). The molecule has 2 aromatic rings. The highest BCUT2D eigenvalue weighted by atomic mass is 35.5. The van der Waals surface area contributed by atoms with Crippen molar-refractivity contribution in [1.82, 2.24) is 4.31 Å². The van der Waals surface area contributed by atoms with Gasteiger partial charge in [-0.25, -0.2) is 18.0 Å². The van der Waals surface area contributed by atoms with E-state index in [0.29, 0.717) is 18.8 Å². The summed E-state index contributed by atoms with van der Waals surface area (Å²) >= 11 is 6.11. The zero-order valence-electron chi connectivity index (χ0n) is 17.9. The Bertz CT molecular complexity index is 1160. The summed E-state index contributed by atoms with van der Waals surface area (Å²) < 4.78 is 36.9. The molecular formula is C22H23ClN2O7S. The molecule has 9 nitrogen and oxygen atoms in total.